The van der Waals surface area contributed by atoms with E-state index in [0.717, 1.165) is 133 Å². The molecule has 0 saturated carbocycles. The molecule has 18 aromatic rings. The Kier molecular flexibility index (Phi) is 10.2. The highest BCUT2D eigenvalue weighted by atomic mass is 16.5. The molecule has 96 heavy (non-hydrogen) atoms. The topological polar surface area (TPSA) is 67.0 Å². The molecule has 2 aliphatic carbocycles. The molecule has 0 N–H and O–H groups in total. The Morgan fingerprint density at radius 1 is 0.292 bits per heavy atom. The van der Waals surface area contributed by atoms with E-state index in [2.05, 4.69) is 300 Å². The summed E-state index contributed by atoms with van der Waals surface area (Å²) in [6, 6.07) is 111. The summed E-state index contributed by atoms with van der Waals surface area (Å²) >= 11 is 0. The van der Waals surface area contributed by atoms with Gasteiger partial charge in [0.05, 0.1) is 49.4 Å². The van der Waals surface area contributed by atoms with Gasteiger partial charge in [0, 0.05) is 55.9 Å². The van der Waals surface area contributed by atoms with Gasteiger partial charge in [-0.15, -0.1) is 0 Å². The highest BCUT2D eigenvalue weighted by Gasteiger charge is 2.53. The van der Waals surface area contributed by atoms with Gasteiger partial charge in [0.25, 0.3) is 0 Å². The molecule has 14 aromatic carbocycles. The van der Waals surface area contributed by atoms with Crippen LogP contribution in [0.5, 0.6) is 23.0 Å². The molecule has 0 atom stereocenters. The summed E-state index contributed by atoms with van der Waals surface area (Å²) in [5.74, 6) is 3.87. The highest BCUT2D eigenvalue weighted by molar-refractivity contribution is 6.25. The molecule has 7 nitrogen and oxygen atoms in total. The van der Waals surface area contributed by atoms with Gasteiger partial charge in [-0.05, 0) is 138 Å². The van der Waals surface area contributed by atoms with E-state index in [-0.39, 0.29) is 0 Å². The van der Waals surface area contributed by atoms with Gasteiger partial charge in [-0.1, -0.05) is 243 Å². The molecule has 0 saturated heterocycles. The zero-order valence-corrected chi connectivity index (χ0v) is 51.5. The standard InChI is InChI=1S/C89H51N5O2/c1-2-22-54(23-3-1)83-64-32-19-49-90-86(64)92-87(91-83)94-74-46-41-53-21-5-7-27-59(53)80(74)82-76(94)48-44-72-85(82)96-78-51-56(39-42-70(78)89(72)67-35-14-10-30-62(67)63-31-11-15-36-68(63)89)55-24-18-25-57(50-55)93-73-45-40-52-20-4-6-26-58(52)79(73)81-75(93)47-43-71-84(81)95-77-38-17-16-37-69(77)88(71)65-33-12-8-28-60(65)61-29-9-13-34-66(61)88/h1-51H. The molecule has 0 unspecified atom stereocenters. The average Bonchev–Trinajstić information content (AvgIpc) is 1.48. The Labute approximate surface area is 550 Å². The molecule has 0 radical (unpaired) electrons. The number of hydrogen-bond donors (Lipinski definition) is 0. The molecule has 6 heterocycles. The van der Waals surface area contributed by atoms with Crippen LogP contribution in [0.1, 0.15) is 44.5 Å². The van der Waals surface area contributed by atoms with Crippen LogP contribution in [-0.4, -0.2) is 24.1 Å². The van der Waals surface area contributed by atoms with Crippen molar-refractivity contribution in [3.8, 4) is 79.3 Å². The number of rotatable bonds is 4. The minimum Gasteiger partial charge on any atom is -0.456 e. The van der Waals surface area contributed by atoms with Crippen molar-refractivity contribution in [1.82, 2.24) is 24.1 Å². The summed E-state index contributed by atoms with van der Waals surface area (Å²) in [6.45, 7) is 0. The number of ether oxygens (including phenoxy) is 2. The third-order valence-corrected chi connectivity index (χ3v) is 21.5. The smallest absolute Gasteiger partial charge is 0.237 e. The van der Waals surface area contributed by atoms with Crippen LogP contribution < -0.4 is 9.47 Å². The minimum atomic E-state index is -0.762. The number of fused-ring (bicyclic) bond motifs is 31. The van der Waals surface area contributed by atoms with Gasteiger partial charge in [-0.2, -0.15) is 4.98 Å². The Morgan fingerprint density at radius 3 is 1.38 bits per heavy atom. The SMILES string of the molecule is c1ccc(-c2nc(-n3c4ccc5c(c4c4c6ccccc6ccc43)Oc3cc(-c4cccc(-n6c7ccc8c(c7c7c9ccccc9ccc76)Oc6ccccc6C86c7ccccc7-c7ccccc76)c4)ccc3C53c4ccccc4-c4ccccc43)nc3ncccc23)cc1. The van der Waals surface area contributed by atoms with Gasteiger partial charge < -0.3 is 14.0 Å². The number of aromatic nitrogens is 5. The van der Waals surface area contributed by atoms with E-state index in [1.54, 1.807) is 0 Å². The van der Waals surface area contributed by atoms with Crippen molar-refractivity contribution in [3.63, 3.8) is 0 Å². The van der Waals surface area contributed by atoms with Gasteiger partial charge in [0.15, 0.2) is 5.65 Å². The lowest BCUT2D eigenvalue weighted by Gasteiger charge is -2.40. The monoisotopic (exact) mass is 1220 g/mol. The second-order valence-corrected chi connectivity index (χ2v) is 26.0. The van der Waals surface area contributed by atoms with Crippen LogP contribution in [0.3, 0.4) is 0 Å². The fourth-order valence-corrected chi connectivity index (χ4v) is 17.8. The summed E-state index contributed by atoms with van der Waals surface area (Å²) < 4.78 is 20.0. The third-order valence-electron chi connectivity index (χ3n) is 21.5. The molecular formula is C89H51N5O2. The fourth-order valence-electron chi connectivity index (χ4n) is 17.8. The van der Waals surface area contributed by atoms with Crippen molar-refractivity contribution in [1.29, 1.82) is 0 Å². The summed E-state index contributed by atoms with van der Waals surface area (Å²) in [5.41, 5.74) is 22.6. The van der Waals surface area contributed by atoms with Crippen LogP contribution in [0.2, 0.25) is 0 Å². The van der Waals surface area contributed by atoms with Crippen LogP contribution in [0, 0.1) is 0 Å². The van der Waals surface area contributed by atoms with Crippen LogP contribution in [0.25, 0.3) is 132 Å². The predicted octanol–water partition coefficient (Wildman–Crippen LogP) is 21.8. The largest absolute Gasteiger partial charge is 0.456 e. The van der Waals surface area contributed by atoms with E-state index in [1.165, 1.54) is 55.3 Å². The molecule has 7 heteroatoms. The molecule has 2 spiro atoms. The van der Waals surface area contributed by atoms with Gasteiger partial charge in [0.2, 0.25) is 5.95 Å². The maximum atomic E-state index is 7.87. The fraction of sp³-hybridized carbons (Fsp3) is 0.0225. The van der Waals surface area contributed by atoms with E-state index < -0.39 is 10.8 Å². The van der Waals surface area contributed by atoms with Crippen molar-refractivity contribution in [3.05, 3.63) is 354 Å². The predicted molar refractivity (Wildman–Crippen MR) is 387 cm³/mol. The van der Waals surface area contributed by atoms with E-state index in [1.807, 2.05) is 18.3 Å². The van der Waals surface area contributed by atoms with Gasteiger partial charge in [0.1, 0.15) is 23.0 Å². The number of para-hydroxylation sites is 1. The summed E-state index contributed by atoms with van der Waals surface area (Å²) in [5, 5.41) is 9.77. The molecule has 444 valence electrons. The third kappa shape index (κ3) is 6.58. The Hall–Kier alpha value is -12.7. The van der Waals surface area contributed by atoms with Crippen molar-refractivity contribution in [2.75, 3.05) is 0 Å². The molecular weight excluding hydrogens is 1170 g/mol. The summed E-state index contributed by atoms with van der Waals surface area (Å²) in [6.07, 6.45) is 1.81. The normalized spacial score (nSPS) is 14.0. The number of benzene rings is 14. The number of hydrogen-bond acceptors (Lipinski definition) is 5. The van der Waals surface area contributed by atoms with E-state index in [0.29, 0.717) is 11.6 Å². The lowest BCUT2D eigenvalue weighted by molar-refractivity contribution is 0.442. The Bertz CT molecular complexity index is 6400. The van der Waals surface area contributed by atoms with E-state index in [4.69, 9.17) is 24.4 Å². The zero-order chi connectivity index (χ0) is 62.5. The maximum Gasteiger partial charge on any atom is 0.237 e. The first-order chi connectivity index (χ1) is 47.6. The summed E-state index contributed by atoms with van der Waals surface area (Å²) in [4.78, 5) is 15.7. The molecule has 0 bridgehead atoms. The van der Waals surface area contributed by atoms with E-state index >= 15 is 0 Å². The van der Waals surface area contributed by atoms with Crippen molar-refractivity contribution < 1.29 is 9.47 Å². The van der Waals surface area contributed by atoms with Gasteiger partial charge in [-0.3, -0.25) is 4.57 Å². The first-order valence-electron chi connectivity index (χ1n) is 32.9. The average molecular weight is 1220 g/mol. The molecule has 0 amide bonds. The first kappa shape index (κ1) is 51.9. The minimum absolute atomic E-state index is 0.531. The number of pyridine rings is 1. The second kappa shape index (κ2) is 19.0. The molecule has 4 aliphatic rings. The highest BCUT2D eigenvalue weighted by Crippen LogP contribution is 2.66. The Morgan fingerprint density at radius 2 is 0.750 bits per heavy atom. The molecule has 2 aliphatic heterocycles. The van der Waals surface area contributed by atoms with Gasteiger partial charge >= 0.3 is 0 Å². The van der Waals surface area contributed by atoms with Crippen molar-refractivity contribution in [2.24, 2.45) is 0 Å². The molecule has 0 fully saturated rings. The lowest BCUT2D eigenvalue weighted by Crippen LogP contribution is -2.32. The van der Waals surface area contributed by atoms with Crippen molar-refractivity contribution >= 4 is 76.2 Å². The lowest BCUT2D eigenvalue weighted by atomic mass is 9.65. The van der Waals surface area contributed by atoms with E-state index in [9.17, 15) is 0 Å². The molecule has 22 rings (SSSR count). The maximum absolute atomic E-state index is 7.87. The second-order valence-electron chi connectivity index (χ2n) is 26.0. The number of nitrogens with zero attached hydrogens (tertiary/aromatic N) is 5. The quantitative estimate of drug-likeness (QED) is 0.176. The van der Waals surface area contributed by atoms with Crippen LogP contribution in [0.4, 0.5) is 0 Å². The van der Waals surface area contributed by atoms with Crippen molar-refractivity contribution in [2.45, 2.75) is 10.8 Å². The van der Waals surface area contributed by atoms with Crippen LogP contribution in [-0.2, 0) is 10.8 Å². The summed E-state index contributed by atoms with van der Waals surface area (Å²) in [7, 11) is 0. The Balaban J connectivity index is 0.779. The zero-order valence-electron chi connectivity index (χ0n) is 51.5. The molecule has 4 aromatic heterocycles. The van der Waals surface area contributed by atoms with Gasteiger partial charge in [-0.25, -0.2) is 9.97 Å². The van der Waals surface area contributed by atoms with Crippen LogP contribution >= 0.6 is 0 Å². The van der Waals surface area contributed by atoms with Crippen LogP contribution in [0.15, 0.2) is 310 Å². The first-order valence-corrected chi connectivity index (χ1v) is 32.9.